The molecule has 1 atom stereocenters. The third-order valence-corrected chi connectivity index (χ3v) is 2.79. The van der Waals surface area contributed by atoms with Gasteiger partial charge >= 0.3 is 0 Å². The quantitative estimate of drug-likeness (QED) is 0.190. The van der Waals surface area contributed by atoms with Gasteiger partial charge < -0.3 is 5.11 Å². The van der Waals surface area contributed by atoms with Crippen LogP contribution in [0.1, 0.15) is 65.2 Å². The molecule has 20 heavy (non-hydrogen) atoms. The Labute approximate surface area is 125 Å². The molecular weight excluding hydrogens is 248 g/mol. The van der Waals surface area contributed by atoms with E-state index in [1.807, 2.05) is 6.08 Å². The molecule has 0 heterocycles. The molecule has 0 aliphatic rings. The molecule has 0 saturated heterocycles. The van der Waals surface area contributed by atoms with Crippen LogP contribution in [0.3, 0.4) is 0 Å². The summed E-state index contributed by atoms with van der Waals surface area (Å²) >= 11 is 0. The Morgan fingerprint density at radius 3 is 2.20 bits per heavy atom. The van der Waals surface area contributed by atoms with E-state index in [-0.39, 0.29) is 6.10 Å². The van der Waals surface area contributed by atoms with Crippen LogP contribution in [0, 0.1) is 0 Å². The Hall–Kier alpha value is -1.15. The van der Waals surface area contributed by atoms with Gasteiger partial charge in [-0.15, -0.1) is 6.58 Å². The lowest BCUT2D eigenvalue weighted by molar-refractivity contribution is -0.104. The van der Waals surface area contributed by atoms with Crippen LogP contribution >= 0.6 is 0 Å². The molecule has 0 aromatic heterocycles. The van der Waals surface area contributed by atoms with Crippen LogP contribution in [0.4, 0.5) is 0 Å². The highest BCUT2D eigenvalue weighted by atomic mass is 16.3. The van der Waals surface area contributed by atoms with E-state index in [1.165, 1.54) is 38.2 Å². The molecule has 0 aromatic carbocycles. The summed E-state index contributed by atoms with van der Waals surface area (Å²) in [7, 11) is 0. The number of rotatable bonds is 11. The minimum atomic E-state index is -0.281. The Morgan fingerprint density at radius 2 is 1.65 bits per heavy atom. The average Bonchev–Trinajstić information content (AvgIpc) is 2.47. The topological polar surface area (TPSA) is 37.3 Å². The molecular formula is C18H32O2. The maximum Gasteiger partial charge on any atom is 0.142 e. The summed E-state index contributed by atoms with van der Waals surface area (Å²) in [4.78, 5) is 9.82. The van der Waals surface area contributed by atoms with Gasteiger partial charge in [0.15, 0.2) is 0 Å². The molecule has 1 N–H and O–H groups in total. The molecule has 2 heteroatoms. The van der Waals surface area contributed by atoms with Gasteiger partial charge in [0.1, 0.15) is 6.29 Å². The van der Waals surface area contributed by atoms with Crippen molar-refractivity contribution in [3.63, 3.8) is 0 Å². The molecule has 0 rings (SSSR count). The first-order valence-electron chi connectivity index (χ1n) is 7.80. The van der Waals surface area contributed by atoms with Crippen LogP contribution in [0.2, 0.25) is 0 Å². The Bertz CT molecular complexity index is 254. The fourth-order valence-corrected chi connectivity index (χ4v) is 1.52. The molecule has 0 radical (unpaired) electrons. The smallest absolute Gasteiger partial charge is 0.142 e. The first-order valence-corrected chi connectivity index (χ1v) is 7.80. The monoisotopic (exact) mass is 280 g/mol. The number of hydrogen-bond donors (Lipinski definition) is 1. The van der Waals surface area contributed by atoms with Crippen LogP contribution in [0.25, 0.3) is 0 Å². The van der Waals surface area contributed by atoms with Crippen molar-refractivity contribution in [1.29, 1.82) is 0 Å². The van der Waals surface area contributed by atoms with Crippen LogP contribution in [0.15, 0.2) is 37.0 Å². The second kappa shape index (κ2) is 20.2. The lowest BCUT2D eigenvalue weighted by atomic mass is 10.1. The van der Waals surface area contributed by atoms with Crippen molar-refractivity contribution >= 4 is 6.29 Å². The van der Waals surface area contributed by atoms with Gasteiger partial charge in [-0.25, -0.2) is 0 Å². The SMILES string of the molecule is C=CC(O)CCCCC.CCCCCC=CC=CC=O. The van der Waals surface area contributed by atoms with Gasteiger partial charge in [-0.1, -0.05) is 70.3 Å². The summed E-state index contributed by atoms with van der Waals surface area (Å²) in [5.74, 6) is 0. The summed E-state index contributed by atoms with van der Waals surface area (Å²) in [6, 6.07) is 0. The number of unbranched alkanes of at least 4 members (excludes halogenated alkanes) is 5. The van der Waals surface area contributed by atoms with Gasteiger partial charge in [0.25, 0.3) is 0 Å². The van der Waals surface area contributed by atoms with Gasteiger partial charge in [0.2, 0.25) is 0 Å². The number of aliphatic hydroxyl groups excluding tert-OH is 1. The van der Waals surface area contributed by atoms with E-state index >= 15 is 0 Å². The highest BCUT2D eigenvalue weighted by Gasteiger charge is 1.94. The van der Waals surface area contributed by atoms with E-state index in [2.05, 4.69) is 26.5 Å². The van der Waals surface area contributed by atoms with E-state index in [0.29, 0.717) is 0 Å². The number of aldehydes is 1. The largest absolute Gasteiger partial charge is 0.389 e. The Morgan fingerprint density at radius 1 is 1.00 bits per heavy atom. The molecule has 0 fully saturated rings. The van der Waals surface area contributed by atoms with Gasteiger partial charge in [-0.2, -0.15) is 0 Å². The van der Waals surface area contributed by atoms with Crippen molar-refractivity contribution < 1.29 is 9.90 Å². The summed E-state index contributed by atoms with van der Waals surface area (Å²) < 4.78 is 0. The van der Waals surface area contributed by atoms with E-state index in [9.17, 15) is 4.79 Å². The van der Waals surface area contributed by atoms with Crippen LogP contribution in [-0.2, 0) is 4.79 Å². The molecule has 0 bridgehead atoms. The minimum Gasteiger partial charge on any atom is -0.389 e. The third-order valence-electron chi connectivity index (χ3n) is 2.79. The molecule has 0 saturated carbocycles. The fourth-order valence-electron chi connectivity index (χ4n) is 1.52. The predicted octanol–water partition coefficient (Wildman–Crippen LogP) is 4.99. The first-order chi connectivity index (χ1) is 9.72. The lowest BCUT2D eigenvalue weighted by Gasteiger charge is -2.01. The lowest BCUT2D eigenvalue weighted by Crippen LogP contribution is -1.99. The van der Waals surface area contributed by atoms with Crippen molar-refractivity contribution in [2.75, 3.05) is 0 Å². The predicted molar refractivity (Wildman–Crippen MR) is 88.8 cm³/mol. The first kappa shape index (κ1) is 21.2. The van der Waals surface area contributed by atoms with Crippen molar-refractivity contribution in [2.24, 2.45) is 0 Å². The number of carbonyl (C=O) groups excluding carboxylic acids is 1. The Kier molecular flexibility index (Phi) is 21.3. The molecule has 0 amide bonds. The normalized spacial score (nSPS) is 12.2. The summed E-state index contributed by atoms with van der Waals surface area (Å²) in [6.45, 7) is 7.83. The molecule has 0 aliphatic carbocycles. The fraction of sp³-hybridized carbons (Fsp3) is 0.611. The highest BCUT2D eigenvalue weighted by Crippen LogP contribution is 2.02. The summed E-state index contributed by atoms with van der Waals surface area (Å²) in [6.07, 6.45) is 18.7. The minimum absolute atomic E-state index is 0.281. The Balaban J connectivity index is 0. The zero-order chi connectivity index (χ0) is 15.5. The van der Waals surface area contributed by atoms with Gasteiger partial charge in [-0.3, -0.25) is 4.79 Å². The van der Waals surface area contributed by atoms with Gasteiger partial charge in [0.05, 0.1) is 6.10 Å². The van der Waals surface area contributed by atoms with E-state index in [4.69, 9.17) is 5.11 Å². The maximum absolute atomic E-state index is 9.82. The molecule has 0 spiro atoms. The molecule has 116 valence electrons. The third kappa shape index (κ3) is 22.1. The van der Waals surface area contributed by atoms with Crippen LogP contribution < -0.4 is 0 Å². The zero-order valence-electron chi connectivity index (χ0n) is 13.3. The standard InChI is InChI=1S/C10H16O.C8H16O/c1-2-3-4-5-6-7-8-9-10-11;1-3-5-6-7-8(9)4-2/h6-10H,2-5H2,1H3;4,8-9H,2-3,5-7H2,1H3. The van der Waals surface area contributed by atoms with E-state index in [1.54, 1.807) is 12.2 Å². The average molecular weight is 280 g/mol. The van der Waals surface area contributed by atoms with Crippen LogP contribution in [-0.4, -0.2) is 17.5 Å². The van der Waals surface area contributed by atoms with Gasteiger partial charge in [0, 0.05) is 0 Å². The number of aliphatic hydroxyl groups is 1. The summed E-state index contributed by atoms with van der Waals surface area (Å²) in [5.41, 5.74) is 0. The van der Waals surface area contributed by atoms with Crippen LogP contribution in [0.5, 0.6) is 0 Å². The second-order valence-electron chi connectivity index (χ2n) is 4.74. The van der Waals surface area contributed by atoms with E-state index < -0.39 is 0 Å². The van der Waals surface area contributed by atoms with E-state index in [0.717, 1.165) is 25.5 Å². The second-order valence-corrected chi connectivity index (χ2v) is 4.74. The molecule has 0 aromatic rings. The molecule has 0 aliphatic heterocycles. The number of carbonyl (C=O) groups is 1. The van der Waals surface area contributed by atoms with Crippen molar-refractivity contribution in [2.45, 2.75) is 71.3 Å². The highest BCUT2D eigenvalue weighted by molar-refractivity contribution is 5.65. The molecule has 2 nitrogen and oxygen atoms in total. The zero-order valence-corrected chi connectivity index (χ0v) is 13.3. The van der Waals surface area contributed by atoms with Crippen molar-refractivity contribution in [3.8, 4) is 0 Å². The number of allylic oxidation sites excluding steroid dienone is 4. The van der Waals surface area contributed by atoms with Gasteiger partial charge in [-0.05, 0) is 25.3 Å². The maximum atomic E-state index is 9.82. The van der Waals surface area contributed by atoms with Crippen molar-refractivity contribution in [3.05, 3.63) is 37.0 Å². The van der Waals surface area contributed by atoms with Crippen molar-refractivity contribution in [1.82, 2.24) is 0 Å². The summed E-state index contributed by atoms with van der Waals surface area (Å²) in [5, 5.41) is 8.97. The molecule has 1 unspecified atom stereocenters. The number of hydrogen-bond acceptors (Lipinski definition) is 2.